The van der Waals surface area contributed by atoms with Crippen LogP contribution in [0.25, 0.3) is 6.08 Å². The second-order valence-corrected chi connectivity index (χ2v) is 8.91. The summed E-state index contributed by atoms with van der Waals surface area (Å²) in [4.78, 5) is 31.3. The Hall–Kier alpha value is -2.92. The number of likely N-dealkylation sites (tertiary alicyclic amines) is 1. The first-order valence-electron chi connectivity index (χ1n) is 11.4. The minimum absolute atomic E-state index is 0.0592. The third kappa shape index (κ3) is 6.79. The first-order valence-corrected chi connectivity index (χ1v) is 11.4. The Bertz CT molecular complexity index is 888. The summed E-state index contributed by atoms with van der Waals surface area (Å²) in [5, 5.41) is 0. The minimum Gasteiger partial charge on any atom is -0.341 e. The number of amides is 2. The normalized spacial score (nSPS) is 15.8. The average molecular weight is 434 g/mol. The molecule has 1 atom stereocenters. The van der Waals surface area contributed by atoms with Crippen LogP contribution >= 0.6 is 0 Å². The zero-order valence-corrected chi connectivity index (χ0v) is 19.5. The number of piperidine rings is 1. The van der Waals surface area contributed by atoms with Crippen LogP contribution in [0.5, 0.6) is 0 Å². The van der Waals surface area contributed by atoms with Crippen LogP contribution in [0, 0.1) is 5.92 Å². The van der Waals surface area contributed by atoms with E-state index in [9.17, 15) is 9.59 Å². The van der Waals surface area contributed by atoms with Crippen LogP contribution in [0.3, 0.4) is 0 Å². The average Bonchev–Trinajstić information content (AvgIpc) is 2.81. The van der Waals surface area contributed by atoms with Crippen LogP contribution in [0.15, 0.2) is 66.7 Å². The number of benzene rings is 2. The number of likely N-dealkylation sites (N-methyl/N-ethyl adjacent to an activating group) is 2. The van der Waals surface area contributed by atoms with E-state index < -0.39 is 0 Å². The SMILES string of the molecule is CN(C)CC(=O)N(C)C(Cc1ccccc1)C1CCN(C(=O)/C=C/c2ccccc2)CC1. The first-order chi connectivity index (χ1) is 15.4. The maximum absolute atomic E-state index is 12.8. The number of nitrogens with zero attached hydrogens (tertiary/aromatic N) is 3. The summed E-state index contributed by atoms with van der Waals surface area (Å²) in [6, 6.07) is 20.4. The molecule has 2 amide bonds. The smallest absolute Gasteiger partial charge is 0.246 e. The van der Waals surface area contributed by atoms with E-state index in [1.54, 1.807) is 6.08 Å². The molecule has 2 aromatic carbocycles. The molecule has 3 rings (SSSR count). The summed E-state index contributed by atoms with van der Waals surface area (Å²) in [6.07, 6.45) is 6.19. The van der Waals surface area contributed by atoms with E-state index in [4.69, 9.17) is 0 Å². The lowest BCUT2D eigenvalue weighted by molar-refractivity contribution is -0.135. The van der Waals surface area contributed by atoms with Crippen molar-refractivity contribution in [3.63, 3.8) is 0 Å². The molecule has 5 nitrogen and oxygen atoms in total. The highest BCUT2D eigenvalue weighted by molar-refractivity contribution is 5.91. The van der Waals surface area contributed by atoms with Gasteiger partial charge in [0, 0.05) is 32.3 Å². The van der Waals surface area contributed by atoms with E-state index in [1.807, 2.05) is 90.4 Å². The summed E-state index contributed by atoms with van der Waals surface area (Å²) in [6.45, 7) is 1.86. The molecule has 1 aliphatic rings. The van der Waals surface area contributed by atoms with Gasteiger partial charge in [0.2, 0.25) is 11.8 Å². The van der Waals surface area contributed by atoms with Crippen LogP contribution < -0.4 is 0 Å². The predicted molar refractivity (Wildman–Crippen MR) is 130 cm³/mol. The molecule has 0 N–H and O–H groups in total. The Kier molecular flexibility index (Phi) is 8.63. The largest absolute Gasteiger partial charge is 0.341 e. The Morgan fingerprint density at radius 3 is 2.16 bits per heavy atom. The number of hydrogen-bond donors (Lipinski definition) is 0. The molecule has 0 aliphatic carbocycles. The van der Waals surface area contributed by atoms with Gasteiger partial charge < -0.3 is 14.7 Å². The predicted octanol–water partition coefficient (Wildman–Crippen LogP) is 3.57. The van der Waals surface area contributed by atoms with Gasteiger partial charge in [0.15, 0.2) is 0 Å². The van der Waals surface area contributed by atoms with Crippen molar-refractivity contribution in [3.8, 4) is 0 Å². The molecule has 1 unspecified atom stereocenters. The van der Waals surface area contributed by atoms with E-state index in [0.29, 0.717) is 12.5 Å². The molecular formula is C27H35N3O2. The maximum Gasteiger partial charge on any atom is 0.246 e. The van der Waals surface area contributed by atoms with E-state index in [1.165, 1.54) is 5.56 Å². The molecule has 0 saturated carbocycles. The molecule has 0 spiro atoms. The van der Waals surface area contributed by atoms with Crippen molar-refractivity contribution in [1.82, 2.24) is 14.7 Å². The lowest BCUT2D eigenvalue weighted by atomic mass is 9.85. The number of hydrogen-bond acceptors (Lipinski definition) is 3. The van der Waals surface area contributed by atoms with Gasteiger partial charge in [-0.05, 0) is 56.5 Å². The third-order valence-electron chi connectivity index (χ3n) is 6.24. The number of carbonyl (C=O) groups excluding carboxylic acids is 2. The van der Waals surface area contributed by atoms with Gasteiger partial charge in [0.1, 0.15) is 0 Å². The van der Waals surface area contributed by atoms with Gasteiger partial charge in [0.25, 0.3) is 0 Å². The second-order valence-electron chi connectivity index (χ2n) is 8.91. The Labute approximate surface area is 192 Å². The van der Waals surface area contributed by atoms with Crippen LogP contribution in [0.4, 0.5) is 0 Å². The third-order valence-corrected chi connectivity index (χ3v) is 6.24. The van der Waals surface area contributed by atoms with Gasteiger partial charge in [-0.2, -0.15) is 0 Å². The van der Waals surface area contributed by atoms with Crippen molar-refractivity contribution < 1.29 is 9.59 Å². The van der Waals surface area contributed by atoms with Gasteiger partial charge in [-0.15, -0.1) is 0 Å². The summed E-state index contributed by atoms with van der Waals surface area (Å²) in [5.74, 6) is 0.567. The van der Waals surface area contributed by atoms with E-state index >= 15 is 0 Å². The van der Waals surface area contributed by atoms with Crippen LogP contribution in [-0.4, -0.2) is 73.3 Å². The Morgan fingerprint density at radius 2 is 1.56 bits per heavy atom. The summed E-state index contributed by atoms with van der Waals surface area (Å²) < 4.78 is 0. The quantitative estimate of drug-likeness (QED) is 0.598. The van der Waals surface area contributed by atoms with Crippen molar-refractivity contribution in [3.05, 3.63) is 77.9 Å². The highest BCUT2D eigenvalue weighted by Crippen LogP contribution is 2.27. The highest BCUT2D eigenvalue weighted by atomic mass is 16.2. The van der Waals surface area contributed by atoms with Crippen molar-refractivity contribution in [2.45, 2.75) is 25.3 Å². The monoisotopic (exact) mass is 433 g/mol. The van der Waals surface area contributed by atoms with Crippen LogP contribution in [-0.2, 0) is 16.0 Å². The molecule has 1 aliphatic heterocycles. The van der Waals surface area contributed by atoms with Crippen molar-refractivity contribution in [1.29, 1.82) is 0 Å². The Morgan fingerprint density at radius 1 is 0.969 bits per heavy atom. The van der Waals surface area contributed by atoms with Crippen molar-refractivity contribution in [2.24, 2.45) is 5.92 Å². The zero-order chi connectivity index (χ0) is 22.9. The molecule has 170 valence electrons. The second kappa shape index (κ2) is 11.6. The van der Waals surface area contributed by atoms with Gasteiger partial charge in [0.05, 0.1) is 6.54 Å². The molecule has 32 heavy (non-hydrogen) atoms. The van der Waals surface area contributed by atoms with Gasteiger partial charge in [-0.1, -0.05) is 60.7 Å². The first kappa shape index (κ1) is 23.7. The van der Waals surface area contributed by atoms with Gasteiger partial charge in [-0.25, -0.2) is 0 Å². The fraction of sp³-hybridized carbons (Fsp3) is 0.407. The van der Waals surface area contributed by atoms with E-state index in [-0.39, 0.29) is 17.9 Å². The van der Waals surface area contributed by atoms with Crippen molar-refractivity contribution >= 4 is 17.9 Å². The van der Waals surface area contributed by atoms with E-state index in [0.717, 1.165) is 37.9 Å². The molecule has 1 heterocycles. The molecule has 2 aromatic rings. The minimum atomic E-state index is 0.0592. The lowest BCUT2D eigenvalue weighted by Crippen LogP contribution is -2.50. The molecule has 0 aromatic heterocycles. The molecule has 1 fully saturated rings. The number of rotatable bonds is 8. The standard InChI is InChI=1S/C27H35N3O2/c1-28(2)21-27(32)29(3)25(20-23-12-8-5-9-13-23)24-16-18-30(19-17-24)26(31)15-14-22-10-6-4-7-11-22/h4-15,24-25H,16-21H2,1-3H3/b15-14+. The summed E-state index contributed by atoms with van der Waals surface area (Å²) in [5.41, 5.74) is 2.27. The zero-order valence-electron chi connectivity index (χ0n) is 19.5. The topological polar surface area (TPSA) is 43.9 Å². The molecule has 0 radical (unpaired) electrons. The van der Waals surface area contributed by atoms with Crippen molar-refractivity contribution in [2.75, 3.05) is 40.8 Å². The van der Waals surface area contributed by atoms with E-state index in [2.05, 4.69) is 12.1 Å². The van der Waals surface area contributed by atoms with Crippen LogP contribution in [0.2, 0.25) is 0 Å². The molecule has 5 heteroatoms. The Balaban J connectivity index is 1.64. The molecule has 1 saturated heterocycles. The molecule has 0 bridgehead atoms. The molecular weight excluding hydrogens is 398 g/mol. The van der Waals surface area contributed by atoms with Crippen LogP contribution in [0.1, 0.15) is 24.0 Å². The fourth-order valence-electron chi connectivity index (χ4n) is 4.38. The summed E-state index contributed by atoms with van der Waals surface area (Å²) in [7, 11) is 5.77. The fourth-order valence-corrected chi connectivity index (χ4v) is 4.38. The maximum atomic E-state index is 12.8. The highest BCUT2D eigenvalue weighted by Gasteiger charge is 2.32. The summed E-state index contributed by atoms with van der Waals surface area (Å²) >= 11 is 0. The number of carbonyl (C=O) groups is 2. The lowest BCUT2D eigenvalue weighted by Gasteiger charge is -2.40. The van der Waals surface area contributed by atoms with Gasteiger partial charge >= 0.3 is 0 Å². The van der Waals surface area contributed by atoms with Gasteiger partial charge in [-0.3, -0.25) is 9.59 Å².